The largest absolute Gasteiger partial charge is 0.496 e. The molecule has 0 saturated carbocycles. The molecule has 0 spiro atoms. The summed E-state index contributed by atoms with van der Waals surface area (Å²) in [5.74, 6) is -2.11. The highest BCUT2D eigenvalue weighted by atomic mass is 32.1. The van der Waals surface area contributed by atoms with Gasteiger partial charge >= 0.3 is 11.7 Å². The maximum atomic E-state index is 14.4. The first-order valence-corrected chi connectivity index (χ1v) is 13.7. The number of aliphatic hydroxyl groups is 1. The summed E-state index contributed by atoms with van der Waals surface area (Å²) in [5, 5.41) is 21.0. The molecule has 1 atom stereocenters. The lowest BCUT2D eigenvalue weighted by molar-refractivity contribution is -0.153. The molecule has 0 aliphatic carbocycles. The molecule has 1 amide bonds. The summed E-state index contributed by atoms with van der Waals surface area (Å²) in [7, 11) is 1.34. The van der Waals surface area contributed by atoms with Gasteiger partial charge in [0.1, 0.15) is 39.6 Å². The topological polar surface area (TPSA) is 160 Å². The fraction of sp³-hybridized carbons (Fsp3) is 0.407. The lowest BCUT2D eigenvalue weighted by atomic mass is 10.0. The molecule has 0 aliphatic rings. The molecular weight excluding hydrogens is 571 g/mol. The molecule has 13 nitrogen and oxygen atoms in total. The summed E-state index contributed by atoms with van der Waals surface area (Å²) in [6.45, 7) is 6.65. The maximum absolute atomic E-state index is 14.4. The van der Waals surface area contributed by atoms with E-state index in [1.54, 1.807) is 20.8 Å². The number of aromatic nitrogens is 5. The first-order valence-electron chi connectivity index (χ1n) is 12.9. The molecule has 4 rings (SSSR count). The molecule has 0 unspecified atom stereocenters. The highest BCUT2D eigenvalue weighted by Gasteiger charge is 2.36. The molecule has 42 heavy (non-hydrogen) atoms. The lowest BCUT2D eigenvalue weighted by Gasteiger charge is -2.28. The van der Waals surface area contributed by atoms with Crippen molar-refractivity contribution >= 4 is 33.4 Å². The van der Waals surface area contributed by atoms with Crippen LogP contribution in [0, 0.1) is 12.7 Å². The second-order valence-electron chi connectivity index (χ2n) is 10.3. The summed E-state index contributed by atoms with van der Waals surface area (Å²) in [6, 6.07) is 3.30. The van der Waals surface area contributed by atoms with Crippen molar-refractivity contribution in [3.8, 4) is 10.8 Å². The predicted octanol–water partition coefficient (Wildman–Crippen LogP) is 1.80. The number of benzene rings is 1. The summed E-state index contributed by atoms with van der Waals surface area (Å²) in [5.41, 5.74) is -2.71. The Morgan fingerprint density at radius 2 is 1.86 bits per heavy atom. The van der Waals surface area contributed by atoms with Crippen LogP contribution in [0.25, 0.3) is 15.2 Å². The second kappa shape index (κ2) is 11.9. The van der Waals surface area contributed by atoms with E-state index >= 15 is 0 Å². The van der Waals surface area contributed by atoms with Crippen LogP contribution in [0.1, 0.15) is 44.9 Å². The minimum atomic E-state index is -1.65. The third-order valence-corrected chi connectivity index (χ3v) is 7.89. The maximum Gasteiger partial charge on any atom is 0.333 e. The van der Waals surface area contributed by atoms with Gasteiger partial charge in [-0.25, -0.2) is 18.5 Å². The van der Waals surface area contributed by atoms with Crippen LogP contribution < -0.4 is 21.3 Å². The molecule has 0 radical (unpaired) electrons. The molecule has 3 heterocycles. The molecule has 0 aliphatic heterocycles. The van der Waals surface area contributed by atoms with Crippen molar-refractivity contribution < 1.29 is 28.6 Å². The fourth-order valence-corrected chi connectivity index (χ4v) is 5.78. The number of methoxy groups -OCH3 is 1. The number of hydrogen-bond donors (Lipinski definition) is 2. The average Bonchev–Trinajstić information content (AvgIpc) is 3.58. The first-order chi connectivity index (χ1) is 19.8. The molecule has 0 bridgehead atoms. The molecule has 2 N–H and O–H groups in total. The highest BCUT2D eigenvalue weighted by molar-refractivity contribution is 7.21. The van der Waals surface area contributed by atoms with E-state index in [1.165, 1.54) is 48.8 Å². The number of fused-ring (bicyclic) bond motifs is 1. The van der Waals surface area contributed by atoms with E-state index in [4.69, 9.17) is 9.47 Å². The van der Waals surface area contributed by atoms with E-state index in [2.05, 4.69) is 15.5 Å². The molecule has 0 fully saturated rings. The highest BCUT2D eigenvalue weighted by Crippen LogP contribution is 2.34. The van der Waals surface area contributed by atoms with E-state index in [0.717, 1.165) is 28.0 Å². The normalized spacial score (nSPS) is 12.5. The minimum absolute atomic E-state index is 0.0798. The first kappa shape index (κ1) is 30.6. The number of carbonyl (C=O) groups is 2. The number of nitrogens with one attached hydrogen (secondary N) is 1. The van der Waals surface area contributed by atoms with Gasteiger partial charge in [0.25, 0.3) is 5.56 Å². The van der Waals surface area contributed by atoms with Gasteiger partial charge in [-0.2, -0.15) is 10.2 Å². The third kappa shape index (κ3) is 5.56. The van der Waals surface area contributed by atoms with E-state index in [0.29, 0.717) is 10.6 Å². The quantitative estimate of drug-likeness (QED) is 0.258. The van der Waals surface area contributed by atoms with Crippen molar-refractivity contribution in [3.05, 3.63) is 68.4 Å². The number of halogens is 1. The second-order valence-corrected chi connectivity index (χ2v) is 11.3. The predicted molar refractivity (Wildman–Crippen MR) is 151 cm³/mol. The van der Waals surface area contributed by atoms with Crippen LogP contribution in [0.2, 0.25) is 0 Å². The zero-order chi connectivity index (χ0) is 30.9. The lowest BCUT2D eigenvalue weighted by Crippen LogP contribution is -2.56. The number of thiophene rings is 1. The monoisotopic (exact) mass is 602 g/mol. The number of rotatable bonds is 10. The van der Waals surface area contributed by atoms with Crippen molar-refractivity contribution in [2.75, 3.05) is 13.7 Å². The standard InChI is InChI=1S/C27H31FN6O7S/c1-14(2)31-25(38)27(4,5)33-22(37)21-15(3)23(34-29-9-10-30-34)42-24(21)32(26(33)39)12-19(41-20(36)13-35)17-11-16(28)7-8-18(17)40-6/h7-11,14,19,35H,12-13H2,1-6H3,(H,31,38)/t19-/m1/s1. The number of aryl methyl sites for hydroxylation is 1. The number of carbonyl (C=O) groups excluding carboxylic acids is 2. The Labute approximate surface area is 243 Å². The van der Waals surface area contributed by atoms with Crippen molar-refractivity contribution in [2.24, 2.45) is 0 Å². The van der Waals surface area contributed by atoms with Crippen molar-refractivity contribution in [3.63, 3.8) is 0 Å². The number of ether oxygens (including phenoxy) is 2. The van der Waals surface area contributed by atoms with Gasteiger partial charge in [-0.3, -0.25) is 14.2 Å². The van der Waals surface area contributed by atoms with Gasteiger partial charge in [0.15, 0.2) is 0 Å². The molecule has 224 valence electrons. The zero-order valence-electron chi connectivity index (χ0n) is 23.9. The molecule has 1 aromatic carbocycles. The van der Waals surface area contributed by atoms with Gasteiger partial charge in [0, 0.05) is 17.2 Å². The Kier molecular flexibility index (Phi) is 8.63. The Morgan fingerprint density at radius 3 is 2.45 bits per heavy atom. The molecule has 15 heteroatoms. The van der Waals surface area contributed by atoms with Crippen molar-refractivity contribution in [1.82, 2.24) is 29.4 Å². The Hall–Kier alpha value is -4.37. The number of esters is 1. The van der Waals surface area contributed by atoms with Gasteiger partial charge in [0.05, 0.1) is 31.4 Å². The SMILES string of the molecule is COc1ccc(F)cc1[C@@H](Cn1c(=O)n(C(C)(C)C(=O)NC(C)C)c(=O)c2c(C)c(-n3nccn3)sc21)OC(=O)CO. The van der Waals surface area contributed by atoms with Gasteiger partial charge in [-0.1, -0.05) is 11.3 Å². The Bertz CT molecular complexity index is 1760. The number of hydrogen-bond acceptors (Lipinski definition) is 10. The molecule has 0 saturated heterocycles. The Balaban J connectivity index is 2.06. The smallest absolute Gasteiger partial charge is 0.333 e. The van der Waals surface area contributed by atoms with Crippen molar-refractivity contribution in [2.45, 2.75) is 58.8 Å². The van der Waals surface area contributed by atoms with Gasteiger partial charge in [-0.15, -0.1) is 4.80 Å². The van der Waals surface area contributed by atoms with Crippen LogP contribution in [0.15, 0.2) is 40.2 Å². The molecule has 3 aromatic heterocycles. The van der Waals surface area contributed by atoms with E-state index in [1.807, 2.05) is 0 Å². The van der Waals surface area contributed by atoms with Crippen LogP contribution in [0.4, 0.5) is 4.39 Å². The van der Waals surface area contributed by atoms with Gasteiger partial charge < -0.3 is 19.9 Å². The van der Waals surface area contributed by atoms with E-state index in [9.17, 15) is 28.7 Å². The number of amides is 1. The van der Waals surface area contributed by atoms with Crippen molar-refractivity contribution in [1.29, 1.82) is 0 Å². The van der Waals surface area contributed by atoms with E-state index < -0.39 is 53.7 Å². The van der Waals surface area contributed by atoms with Crippen LogP contribution >= 0.6 is 11.3 Å². The van der Waals surface area contributed by atoms with Crippen LogP contribution in [0.5, 0.6) is 5.75 Å². The molecule has 4 aromatic rings. The summed E-state index contributed by atoms with van der Waals surface area (Å²) in [4.78, 5) is 55.2. The third-order valence-electron chi connectivity index (χ3n) is 6.61. The zero-order valence-corrected chi connectivity index (χ0v) is 24.7. The van der Waals surface area contributed by atoms with Gasteiger partial charge in [-0.05, 0) is 52.8 Å². The number of aliphatic hydroxyl groups excluding tert-OH is 1. The minimum Gasteiger partial charge on any atom is -0.496 e. The molecular formula is C27H31FN6O7S. The summed E-state index contributed by atoms with van der Waals surface area (Å²) in [6.07, 6.45) is 1.56. The van der Waals surface area contributed by atoms with Crippen LogP contribution in [-0.4, -0.2) is 60.9 Å². The fourth-order valence-electron chi connectivity index (χ4n) is 4.56. The summed E-state index contributed by atoms with van der Waals surface area (Å²) < 4.78 is 27.3. The van der Waals surface area contributed by atoms with Gasteiger partial charge in [0.2, 0.25) is 5.91 Å². The van der Waals surface area contributed by atoms with Crippen LogP contribution in [-0.2, 0) is 26.4 Å². The van der Waals surface area contributed by atoms with E-state index in [-0.39, 0.29) is 27.6 Å². The Morgan fingerprint density at radius 1 is 1.19 bits per heavy atom. The van der Waals surface area contributed by atoms with Crippen LogP contribution in [0.3, 0.4) is 0 Å². The average molecular weight is 603 g/mol. The number of nitrogens with zero attached hydrogens (tertiary/aromatic N) is 5. The summed E-state index contributed by atoms with van der Waals surface area (Å²) >= 11 is 1.04.